The summed E-state index contributed by atoms with van der Waals surface area (Å²) in [5, 5.41) is 3.00. The first-order valence-electron chi connectivity index (χ1n) is 15.1. The number of thiophene rings is 1. The number of alkyl halides is 2. The number of hydrogen-bond acceptors (Lipinski definition) is 9. The van der Waals surface area contributed by atoms with E-state index in [0.717, 1.165) is 23.5 Å². The summed E-state index contributed by atoms with van der Waals surface area (Å²) < 4.78 is 53.3. The van der Waals surface area contributed by atoms with Crippen LogP contribution in [0.4, 0.5) is 8.78 Å². The van der Waals surface area contributed by atoms with Crippen molar-refractivity contribution in [1.29, 1.82) is 0 Å². The molecule has 0 radical (unpaired) electrons. The number of carbonyl (C=O) groups excluding carboxylic acids is 4. The van der Waals surface area contributed by atoms with Crippen LogP contribution in [-0.2, 0) is 29.9 Å². The number of halogens is 2. The fraction of sp³-hybridized carbons (Fsp3) is 0.586. The van der Waals surface area contributed by atoms with Crippen LogP contribution >= 0.6 is 19.7 Å². The van der Waals surface area contributed by atoms with Gasteiger partial charge in [0.25, 0.3) is 5.91 Å². The van der Waals surface area contributed by atoms with Gasteiger partial charge in [-0.3, -0.25) is 19.2 Å². The van der Waals surface area contributed by atoms with Crippen molar-refractivity contribution in [2.45, 2.75) is 56.4 Å². The molecule has 3 N–H and O–H groups in total. The van der Waals surface area contributed by atoms with E-state index in [9.17, 15) is 36.4 Å². The third-order valence-electron chi connectivity index (χ3n) is 9.72. The third kappa shape index (κ3) is 6.26. The topological polar surface area (TPSA) is 165 Å². The average Bonchev–Trinajstić information content (AvgIpc) is 3.72. The second-order valence-corrected chi connectivity index (χ2v) is 17.1. The van der Waals surface area contributed by atoms with Crippen LogP contribution < -0.4 is 5.32 Å². The van der Waals surface area contributed by atoms with Crippen LogP contribution in [0.15, 0.2) is 24.3 Å². The molecule has 0 bridgehead atoms. The maximum atomic E-state index is 14.2. The van der Waals surface area contributed by atoms with Crippen molar-refractivity contribution in [2.75, 3.05) is 37.7 Å². The zero-order chi connectivity index (χ0) is 33.1. The second-order valence-electron chi connectivity index (χ2n) is 12.6. The molecule has 0 spiro atoms. The van der Waals surface area contributed by atoms with Crippen molar-refractivity contribution in [1.82, 2.24) is 20.0 Å². The van der Waals surface area contributed by atoms with Gasteiger partial charge < -0.3 is 29.8 Å². The maximum absolute atomic E-state index is 14.2. The van der Waals surface area contributed by atoms with E-state index in [1.807, 2.05) is 0 Å². The van der Waals surface area contributed by atoms with Gasteiger partial charge >= 0.3 is 5.66 Å². The lowest BCUT2D eigenvalue weighted by atomic mass is 9.95. The van der Waals surface area contributed by atoms with Crippen LogP contribution in [0, 0.1) is 11.8 Å². The molecule has 12 nitrogen and oxygen atoms in total. The highest BCUT2D eigenvalue weighted by Gasteiger charge is 2.49. The number of sulfone groups is 1. The summed E-state index contributed by atoms with van der Waals surface area (Å²) >= 11 is 1.00. The Morgan fingerprint density at radius 1 is 1.02 bits per heavy atom. The number of amides is 4. The minimum absolute atomic E-state index is 0.0536. The van der Waals surface area contributed by atoms with E-state index in [0.29, 0.717) is 50.0 Å². The highest BCUT2D eigenvalue weighted by molar-refractivity contribution is 7.91. The van der Waals surface area contributed by atoms with Crippen LogP contribution in [0.25, 0.3) is 10.1 Å². The van der Waals surface area contributed by atoms with Crippen LogP contribution in [0.3, 0.4) is 0 Å². The molecule has 250 valence electrons. The fourth-order valence-electron chi connectivity index (χ4n) is 7.28. The number of fused-ring (bicyclic) bond motifs is 3. The van der Waals surface area contributed by atoms with Crippen LogP contribution in [0.1, 0.15) is 47.8 Å². The van der Waals surface area contributed by atoms with Gasteiger partial charge in [0.2, 0.25) is 26.1 Å². The molecule has 4 amide bonds. The van der Waals surface area contributed by atoms with E-state index in [1.54, 1.807) is 9.80 Å². The molecule has 1 aromatic carbocycles. The number of benzene rings is 1. The number of carbonyl (C=O) groups is 4. The predicted octanol–water partition coefficient (Wildman–Crippen LogP) is 1.85. The van der Waals surface area contributed by atoms with Gasteiger partial charge in [-0.1, -0.05) is 6.07 Å². The van der Waals surface area contributed by atoms with Crippen molar-refractivity contribution in [3.63, 3.8) is 0 Å². The predicted molar refractivity (Wildman–Crippen MR) is 166 cm³/mol. The van der Waals surface area contributed by atoms with Crippen molar-refractivity contribution in [3.05, 3.63) is 34.7 Å². The standard InChI is InChI=1S/C29H35F2N4O8PS2/c1-16(36)33-8-6-21-3-4-23(28(39)34-12-17-7-9-46(42,43)15-19(17)13-34)35(21)27(38)22(14-33)32-26(37)25-11-18-10-20(2-5-24(18)45-25)29(30,31)44(40)41/h2,5,10-11,17,19,21-23,40-41H,3-4,6-9,12-15H2,1H3,(H,32,37)/t17?,19?,21-,22+,23+/m1/s1. The quantitative estimate of drug-likeness (QED) is 0.398. The van der Waals surface area contributed by atoms with E-state index in [-0.39, 0.29) is 58.0 Å². The van der Waals surface area contributed by atoms with Gasteiger partial charge in [0.1, 0.15) is 12.1 Å². The highest BCUT2D eigenvalue weighted by atomic mass is 32.2. The normalized spacial score (nSPS) is 28.2. The molecule has 4 aliphatic rings. The van der Waals surface area contributed by atoms with Crippen LogP contribution in [-0.4, -0.2) is 112 Å². The van der Waals surface area contributed by atoms with Crippen molar-refractivity contribution >= 4 is 63.3 Å². The molecule has 46 heavy (non-hydrogen) atoms. The molecule has 17 heteroatoms. The molecule has 5 atom stereocenters. The Labute approximate surface area is 269 Å². The second kappa shape index (κ2) is 12.3. The maximum Gasteiger partial charge on any atom is 0.339 e. The van der Waals surface area contributed by atoms with Gasteiger partial charge in [0.15, 0.2) is 9.84 Å². The van der Waals surface area contributed by atoms with Crippen molar-refractivity contribution in [2.24, 2.45) is 11.8 Å². The Bertz CT molecular complexity index is 1690. The first-order valence-corrected chi connectivity index (χ1v) is 19.0. The third-order valence-corrected chi connectivity index (χ3v) is 13.4. The summed E-state index contributed by atoms with van der Waals surface area (Å²) in [6.45, 7) is 2.34. The monoisotopic (exact) mass is 700 g/mol. The van der Waals surface area contributed by atoms with Crippen LogP contribution in [0.5, 0.6) is 0 Å². The molecule has 4 aliphatic heterocycles. The summed E-state index contributed by atoms with van der Waals surface area (Å²) in [6, 6.07) is 2.58. The number of nitrogens with one attached hydrogen (secondary N) is 1. The molecule has 4 fully saturated rings. The highest BCUT2D eigenvalue weighted by Crippen LogP contribution is 2.53. The van der Waals surface area contributed by atoms with Gasteiger partial charge in [-0.05, 0) is 61.1 Å². The molecule has 2 aromatic rings. The number of hydrogen-bond donors (Lipinski definition) is 3. The van der Waals surface area contributed by atoms with Gasteiger partial charge in [0, 0.05) is 49.4 Å². The Morgan fingerprint density at radius 2 is 1.76 bits per heavy atom. The van der Waals surface area contributed by atoms with Crippen LogP contribution in [0.2, 0.25) is 0 Å². The van der Waals surface area contributed by atoms with Crippen molar-refractivity contribution in [3.8, 4) is 0 Å². The number of nitrogens with zero attached hydrogens (tertiary/aromatic N) is 3. The van der Waals surface area contributed by atoms with Gasteiger partial charge in [-0.25, -0.2) is 8.42 Å². The minimum atomic E-state index is -3.86. The molecule has 5 heterocycles. The molecule has 0 aliphatic carbocycles. The summed E-state index contributed by atoms with van der Waals surface area (Å²) in [7, 11) is -6.71. The molecular formula is C29H35F2N4O8PS2. The van der Waals surface area contributed by atoms with E-state index in [4.69, 9.17) is 9.79 Å². The molecule has 1 aromatic heterocycles. The summed E-state index contributed by atoms with van der Waals surface area (Å²) in [5.41, 5.74) is -4.47. The van der Waals surface area contributed by atoms with Gasteiger partial charge in [0.05, 0.1) is 16.4 Å². The number of likely N-dealkylation sites (tertiary alicyclic amines) is 1. The van der Waals surface area contributed by atoms with E-state index < -0.39 is 53.3 Å². The lowest BCUT2D eigenvalue weighted by Gasteiger charge is -2.39. The molecular weight excluding hydrogens is 665 g/mol. The van der Waals surface area contributed by atoms with E-state index in [1.165, 1.54) is 24.0 Å². The summed E-state index contributed by atoms with van der Waals surface area (Å²) in [4.78, 5) is 77.1. The van der Waals surface area contributed by atoms with E-state index >= 15 is 0 Å². The van der Waals surface area contributed by atoms with Gasteiger partial charge in [-0.2, -0.15) is 8.78 Å². The SMILES string of the molecule is CC(=O)N1CC[C@H]2CC[C@@H](C(=O)N3CC4CCS(=O)(=O)CC4C3)N2C(=O)[C@@H](NC(=O)c2cc3cc(C(F)(F)P(O)O)ccc3s2)C1. The summed E-state index contributed by atoms with van der Waals surface area (Å²) in [6.07, 6.45) is 1.92. The Hall–Kier alpha value is -2.78. The lowest BCUT2D eigenvalue weighted by molar-refractivity contribution is -0.148. The average molecular weight is 701 g/mol. The smallest absolute Gasteiger partial charge is 0.339 e. The Morgan fingerprint density at radius 3 is 2.48 bits per heavy atom. The van der Waals surface area contributed by atoms with Crippen molar-refractivity contribution < 1.29 is 46.2 Å². The molecule has 6 rings (SSSR count). The molecule has 2 unspecified atom stereocenters. The minimum Gasteiger partial charge on any atom is -0.346 e. The first kappa shape index (κ1) is 33.1. The Balaban J connectivity index is 1.23. The van der Waals surface area contributed by atoms with E-state index in [2.05, 4.69) is 5.32 Å². The largest absolute Gasteiger partial charge is 0.346 e. The Kier molecular flexibility index (Phi) is 8.89. The summed E-state index contributed by atoms with van der Waals surface area (Å²) in [5.74, 6) is -1.53. The molecule has 4 saturated heterocycles. The zero-order valence-electron chi connectivity index (χ0n) is 25.0. The molecule has 0 saturated carbocycles. The first-order chi connectivity index (χ1) is 21.6. The fourth-order valence-corrected chi connectivity index (χ4v) is 10.5. The number of rotatable bonds is 5. The zero-order valence-corrected chi connectivity index (χ0v) is 27.5. The lowest BCUT2D eigenvalue weighted by Crippen LogP contribution is -2.61. The van der Waals surface area contributed by atoms with Gasteiger partial charge in [-0.15, -0.1) is 11.3 Å².